The number of hydrogen-bond donors (Lipinski definition) is 0. The monoisotopic (exact) mass is 306 g/mol. The van der Waals surface area contributed by atoms with Crippen LogP contribution in [0.25, 0.3) is 0 Å². The quantitative estimate of drug-likeness (QED) is 0.813. The molecule has 4 heteroatoms. The Morgan fingerprint density at radius 2 is 2.00 bits per heavy atom. The van der Waals surface area contributed by atoms with Crippen molar-refractivity contribution >= 4 is 12.1 Å². The third kappa shape index (κ3) is 3.01. The number of carbonyl (C=O) groups is 1. The maximum atomic E-state index is 12.2. The first-order valence-electron chi connectivity index (χ1n) is 7.44. The van der Waals surface area contributed by atoms with Gasteiger partial charge in [0.1, 0.15) is 5.75 Å². The molecule has 116 valence electrons. The first-order valence-corrected chi connectivity index (χ1v) is 7.44. The number of hydrogen-bond acceptors (Lipinski definition) is 3. The van der Waals surface area contributed by atoms with Crippen LogP contribution in [-0.4, -0.2) is 24.2 Å². The number of ether oxygens (including phenoxy) is 1. The lowest BCUT2D eigenvalue weighted by Crippen LogP contribution is -2.33. The Balaban J connectivity index is 1.95. The van der Waals surface area contributed by atoms with Gasteiger partial charge in [0.2, 0.25) is 0 Å². The van der Waals surface area contributed by atoms with Crippen molar-refractivity contribution in [3.05, 3.63) is 77.9 Å². The molecule has 1 amide bonds. The van der Waals surface area contributed by atoms with Crippen LogP contribution in [0.5, 0.6) is 5.75 Å². The summed E-state index contributed by atoms with van der Waals surface area (Å²) >= 11 is 0. The van der Waals surface area contributed by atoms with Crippen molar-refractivity contribution in [3.63, 3.8) is 0 Å². The van der Waals surface area contributed by atoms with Crippen LogP contribution in [-0.2, 0) is 11.2 Å². The van der Waals surface area contributed by atoms with Crippen LogP contribution in [0, 0.1) is 0 Å². The van der Waals surface area contributed by atoms with Gasteiger partial charge >= 0.3 is 0 Å². The van der Waals surface area contributed by atoms with Gasteiger partial charge in [-0.25, -0.2) is 5.01 Å². The fourth-order valence-electron chi connectivity index (χ4n) is 2.75. The Labute approximate surface area is 135 Å². The zero-order valence-corrected chi connectivity index (χ0v) is 13.0. The van der Waals surface area contributed by atoms with Crippen molar-refractivity contribution in [1.29, 1.82) is 0 Å². The van der Waals surface area contributed by atoms with E-state index in [0.717, 1.165) is 22.4 Å². The Hall–Kier alpha value is -2.88. The van der Waals surface area contributed by atoms with E-state index in [1.165, 1.54) is 11.1 Å². The molecule has 0 bridgehead atoms. The molecule has 0 N–H and O–H groups in total. The topological polar surface area (TPSA) is 41.9 Å². The molecule has 1 aliphatic heterocycles. The van der Waals surface area contributed by atoms with Gasteiger partial charge in [-0.05, 0) is 41.3 Å². The molecular weight excluding hydrogens is 288 g/mol. The average Bonchev–Trinajstić information content (AvgIpc) is 2.62. The standard InChI is InChI=1S/C19H18N2O2/c1-3-19(22)21-18(12-14-8-10-16(23-2)11-9-14)17-7-5-4-6-15(17)13-20-21/h3-11,13,18H,1,12H2,2H3. The highest BCUT2D eigenvalue weighted by Gasteiger charge is 2.28. The predicted molar refractivity (Wildman–Crippen MR) is 90.5 cm³/mol. The predicted octanol–water partition coefficient (Wildman–Crippen LogP) is 3.34. The fourth-order valence-corrected chi connectivity index (χ4v) is 2.75. The molecule has 3 rings (SSSR count). The number of rotatable bonds is 4. The third-order valence-corrected chi connectivity index (χ3v) is 3.96. The summed E-state index contributed by atoms with van der Waals surface area (Å²) in [6, 6.07) is 15.7. The molecule has 1 heterocycles. The van der Waals surface area contributed by atoms with E-state index in [-0.39, 0.29) is 11.9 Å². The van der Waals surface area contributed by atoms with Crippen LogP contribution in [0.4, 0.5) is 0 Å². The molecule has 0 saturated carbocycles. The summed E-state index contributed by atoms with van der Waals surface area (Å²) in [4.78, 5) is 12.2. The maximum Gasteiger partial charge on any atom is 0.266 e. The lowest BCUT2D eigenvalue weighted by Gasteiger charge is -2.31. The van der Waals surface area contributed by atoms with E-state index in [4.69, 9.17) is 4.74 Å². The van der Waals surface area contributed by atoms with Crippen molar-refractivity contribution in [2.45, 2.75) is 12.5 Å². The summed E-state index contributed by atoms with van der Waals surface area (Å²) in [6.07, 6.45) is 3.70. The van der Waals surface area contributed by atoms with Crippen LogP contribution in [0.2, 0.25) is 0 Å². The molecule has 4 nitrogen and oxygen atoms in total. The van der Waals surface area contributed by atoms with Gasteiger partial charge in [0, 0.05) is 0 Å². The molecule has 0 spiro atoms. The second kappa shape index (κ2) is 6.48. The number of hydrazone groups is 1. The Morgan fingerprint density at radius 1 is 1.26 bits per heavy atom. The molecule has 1 aliphatic rings. The van der Waals surface area contributed by atoms with Gasteiger partial charge in [0.15, 0.2) is 0 Å². The molecule has 2 aromatic carbocycles. The second-order valence-electron chi connectivity index (χ2n) is 5.33. The van der Waals surface area contributed by atoms with E-state index >= 15 is 0 Å². The van der Waals surface area contributed by atoms with E-state index in [9.17, 15) is 4.79 Å². The number of carbonyl (C=O) groups excluding carboxylic acids is 1. The Bertz CT molecular complexity index is 750. The highest BCUT2D eigenvalue weighted by molar-refractivity contribution is 5.91. The summed E-state index contributed by atoms with van der Waals surface area (Å²) in [5.41, 5.74) is 3.25. The Kier molecular flexibility index (Phi) is 4.24. The van der Waals surface area contributed by atoms with Crippen molar-refractivity contribution in [1.82, 2.24) is 5.01 Å². The van der Waals surface area contributed by atoms with Gasteiger partial charge in [-0.15, -0.1) is 0 Å². The first kappa shape index (κ1) is 15.0. The molecule has 0 aliphatic carbocycles. The van der Waals surface area contributed by atoms with Crippen molar-refractivity contribution in [2.75, 3.05) is 7.11 Å². The van der Waals surface area contributed by atoms with Crippen molar-refractivity contribution in [2.24, 2.45) is 5.10 Å². The fraction of sp³-hybridized carbons (Fsp3) is 0.158. The molecule has 0 fully saturated rings. The molecule has 0 saturated heterocycles. The van der Waals surface area contributed by atoms with Crippen molar-refractivity contribution < 1.29 is 9.53 Å². The molecule has 1 unspecified atom stereocenters. The minimum Gasteiger partial charge on any atom is -0.497 e. The van der Waals surface area contributed by atoms with E-state index in [1.807, 2.05) is 48.5 Å². The number of nitrogens with zero attached hydrogens (tertiary/aromatic N) is 2. The highest BCUT2D eigenvalue weighted by Crippen LogP contribution is 2.31. The minimum atomic E-state index is -0.200. The summed E-state index contributed by atoms with van der Waals surface area (Å²) in [5, 5.41) is 5.82. The van der Waals surface area contributed by atoms with Gasteiger partial charge in [-0.3, -0.25) is 4.79 Å². The van der Waals surface area contributed by atoms with Gasteiger partial charge in [-0.2, -0.15) is 5.10 Å². The van der Waals surface area contributed by atoms with Crippen LogP contribution >= 0.6 is 0 Å². The van der Waals surface area contributed by atoms with Crippen LogP contribution < -0.4 is 4.74 Å². The summed E-state index contributed by atoms with van der Waals surface area (Å²) < 4.78 is 5.19. The van der Waals surface area contributed by atoms with Crippen LogP contribution in [0.3, 0.4) is 0 Å². The largest absolute Gasteiger partial charge is 0.497 e. The number of benzene rings is 2. The molecule has 0 radical (unpaired) electrons. The van der Waals surface area contributed by atoms with Crippen LogP contribution in [0.15, 0.2) is 66.3 Å². The third-order valence-electron chi connectivity index (χ3n) is 3.96. The maximum absolute atomic E-state index is 12.2. The van der Waals surface area contributed by atoms with Gasteiger partial charge < -0.3 is 4.74 Å². The summed E-state index contributed by atoms with van der Waals surface area (Å²) in [7, 11) is 1.64. The van der Waals surface area contributed by atoms with Gasteiger partial charge in [-0.1, -0.05) is 43.0 Å². The van der Waals surface area contributed by atoms with E-state index < -0.39 is 0 Å². The first-order chi connectivity index (χ1) is 11.2. The van der Waals surface area contributed by atoms with Gasteiger partial charge in [0.05, 0.1) is 19.4 Å². The van der Waals surface area contributed by atoms with Gasteiger partial charge in [0.25, 0.3) is 5.91 Å². The molecule has 2 aromatic rings. The molecule has 1 atom stereocenters. The second-order valence-corrected chi connectivity index (χ2v) is 5.33. The number of fused-ring (bicyclic) bond motifs is 1. The van der Waals surface area contributed by atoms with Crippen molar-refractivity contribution in [3.8, 4) is 5.75 Å². The van der Waals surface area contributed by atoms with E-state index in [0.29, 0.717) is 6.42 Å². The molecular formula is C19H18N2O2. The number of amides is 1. The minimum absolute atomic E-state index is 0.143. The highest BCUT2D eigenvalue weighted by atomic mass is 16.5. The molecule has 23 heavy (non-hydrogen) atoms. The summed E-state index contributed by atoms with van der Waals surface area (Å²) in [5.74, 6) is 0.615. The SMILES string of the molecule is C=CC(=O)N1N=Cc2ccccc2C1Cc1ccc(OC)cc1. The average molecular weight is 306 g/mol. The van der Waals surface area contributed by atoms with E-state index in [2.05, 4.69) is 11.7 Å². The van der Waals surface area contributed by atoms with E-state index in [1.54, 1.807) is 13.3 Å². The Morgan fingerprint density at radius 3 is 2.70 bits per heavy atom. The lowest BCUT2D eigenvalue weighted by molar-refractivity contribution is -0.128. The zero-order chi connectivity index (χ0) is 16.2. The normalized spacial score (nSPS) is 15.9. The summed E-state index contributed by atoms with van der Waals surface area (Å²) in [6.45, 7) is 3.57. The zero-order valence-electron chi connectivity index (χ0n) is 13.0. The number of methoxy groups -OCH3 is 1. The smallest absolute Gasteiger partial charge is 0.266 e. The molecule has 0 aromatic heterocycles. The lowest BCUT2D eigenvalue weighted by atomic mass is 9.93. The van der Waals surface area contributed by atoms with Crippen LogP contribution in [0.1, 0.15) is 22.7 Å².